The van der Waals surface area contributed by atoms with Crippen molar-refractivity contribution >= 4 is 23.7 Å². The van der Waals surface area contributed by atoms with Gasteiger partial charge in [0.2, 0.25) is 11.8 Å². The van der Waals surface area contributed by atoms with Crippen molar-refractivity contribution in [3.8, 4) is 0 Å². The molecule has 3 aliphatic rings. The minimum Gasteiger partial charge on any atom is -0.480 e. The number of nitrogens with one attached hydrogen (secondary N) is 2. The fourth-order valence-electron chi connectivity index (χ4n) is 6.52. The highest BCUT2D eigenvalue weighted by molar-refractivity contribution is 5.97. The second kappa shape index (κ2) is 11.8. The number of aromatic nitrogens is 2. The molecular weight excluding hydrogens is 486 g/mol. The van der Waals surface area contributed by atoms with E-state index in [0.29, 0.717) is 6.42 Å². The van der Waals surface area contributed by atoms with Crippen LogP contribution in [0.25, 0.3) is 0 Å². The van der Waals surface area contributed by atoms with E-state index in [9.17, 15) is 24.3 Å². The van der Waals surface area contributed by atoms with Crippen molar-refractivity contribution in [3.05, 3.63) is 24.3 Å². The smallest absolute Gasteiger partial charge is 0.326 e. The van der Waals surface area contributed by atoms with Crippen LogP contribution in [0.15, 0.2) is 18.6 Å². The first kappa shape index (κ1) is 28.0. The number of carbonyl (C=O) groups is 4. The van der Waals surface area contributed by atoms with E-state index < -0.39 is 41.3 Å². The summed E-state index contributed by atoms with van der Waals surface area (Å²) in [6.45, 7) is 5.61. The lowest BCUT2D eigenvalue weighted by molar-refractivity contribution is -0.153. The van der Waals surface area contributed by atoms with Gasteiger partial charge in [-0.2, -0.15) is 0 Å². The van der Waals surface area contributed by atoms with E-state index in [1.165, 1.54) is 18.6 Å². The Balaban J connectivity index is 1.58. The normalized spacial score (nSPS) is 25.7. The molecule has 1 aliphatic heterocycles. The van der Waals surface area contributed by atoms with Crippen LogP contribution in [0, 0.1) is 17.3 Å². The Morgan fingerprint density at radius 3 is 2.29 bits per heavy atom. The Bertz CT molecular complexity index is 1020. The van der Waals surface area contributed by atoms with Crippen LogP contribution in [-0.4, -0.2) is 67.8 Å². The summed E-state index contributed by atoms with van der Waals surface area (Å²) in [6, 6.07) is -2.77. The second-order valence-corrected chi connectivity index (χ2v) is 12.2. The van der Waals surface area contributed by atoms with Crippen LogP contribution >= 0.6 is 0 Å². The van der Waals surface area contributed by atoms with E-state index >= 15 is 0 Å². The number of hydrogen-bond donors (Lipinski definition) is 3. The van der Waals surface area contributed by atoms with Crippen molar-refractivity contribution in [1.82, 2.24) is 25.5 Å². The lowest BCUT2D eigenvalue weighted by atomic mass is 9.81. The number of carboxylic acid groups (broad SMARTS) is 1. The Labute approximate surface area is 224 Å². The number of carboxylic acids is 1. The average molecular weight is 528 g/mol. The highest BCUT2D eigenvalue weighted by Crippen LogP contribution is 2.41. The van der Waals surface area contributed by atoms with Crippen molar-refractivity contribution < 1.29 is 24.3 Å². The van der Waals surface area contributed by atoms with E-state index in [2.05, 4.69) is 20.6 Å². The molecule has 0 spiro atoms. The Morgan fingerprint density at radius 1 is 0.974 bits per heavy atom. The number of aliphatic carboxylic acids is 1. The molecule has 3 N–H and O–H groups in total. The molecule has 0 radical (unpaired) electrons. The molecule has 5 atom stereocenters. The topological polar surface area (TPSA) is 142 Å². The molecule has 3 amide bonds. The maximum Gasteiger partial charge on any atom is 0.326 e. The van der Waals surface area contributed by atoms with Crippen molar-refractivity contribution in [2.75, 3.05) is 0 Å². The lowest BCUT2D eigenvalue weighted by Gasteiger charge is -2.40. The molecule has 1 aromatic rings. The van der Waals surface area contributed by atoms with Crippen molar-refractivity contribution in [1.29, 1.82) is 0 Å². The van der Waals surface area contributed by atoms with Gasteiger partial charge in [0.25, 0.3) is 5.91 Å². The lowest BCUT2D eigenvalue weighted by Crippen LogP contribution is -2.62. The van der Waals surface area contributed by atoms with Gasteiger partial charge in [-0.25, -0.2) is 9.78 Å². The molecule has 1 saturated heterocycles. The molecule has 10 heteroatoms. The first-order valence-electron chi connectivity index (χ1n) is 14.0. The van der Waals surface area contributed by atoms with Gasteiger partial charge in [-0.15, -0.1) is 0 Å². The van der Waals surface area contributed by atoms with Crippen LogP contribution in [0.5, 0.6) is 0 Å². The average Bonchev–Trinajstić information content (AvgIpc) is 3.30. The molecule has 5 unspecified atom stereocenters. The molecule has 1 aromatic heterocycles. The third kappa shape index (κ3) is 6.15. The Morgan fingerprint density at radius 2 is 1.66 bits per heavy atom. The molecule has 3 fully saturated rings. The molecule has 10 nitrogen and oxygen atoms in total. The van der Waals surface area contributed by atoms with Crippen LogP contribution < -0.4 is 10.6 Å². The summed E-state index contributed by atoms with van der Waals surface area (Å²) in [7, 11) is 0. The molecule has 2 aliphatic carbocycles. The largest absolute Gasteiger partial charge is 0.480 e. The SMILES string of the molecule is CC(C)(C)C(NC(=O)C(NC(=O)c1cnccn1)C1CCCCC1)C(=O)N1C(C(=O)O)CC2CCCCC21. The summed E-state index contributed by atoms with van der Waals surface area (Å²) in [6.07, 6.45) is 13.0. The summed E-state index contributed by atoms with van der Waals surface area (Å²) < 4.78 is 0. The van der Waals surface area contributed by atoms with Crippen LogP contribution in [0.1, 0.15) is 95.5 Å². The van der Waals surface area contributed by atoms with Crippen LogP contribution in [0.3, 0.4) is 0 Å². The van der Waals surface area contributed by atoms with Crippen LogP contribution in [0.2, 0.25) is 0 Å². The first-order valence-corrected chi connectivity index (χ1v) is 14.0. The van der Waals surface area contributed by atoms with E-state index in [4.69, 9.17) is 0 Å². The standard InChI is InChI=1S/C28H41N5O5/c1-28(2,3)23(26(36)33-20-12-8-7-11-18(20)15-21(33)27(37)38)32-25(35)22(17-9-5-4-6-10-17)31-24(34)19-16-29-13-14-30-19/h13-14,16-18,20-23H,4-12,15H2,1-3H3,(H,31,34)(H,32,35)(H,37,38). The van der Waals surface area contributed by atoms with Gasteiger partial charge in [-0.3, -0.25) is 19.4 Å². The van der Waals surface area contributed by atoms with Crippen LogP contribution in [-0.2, 0) is 14.4 Å². The quantitative estimate of drug-likeness (QED) is 0.495. The third-order valence-electron chi connectivity index (χ3n) is 8.51. The number of likely N-dealkylation sites (tertiary alicyclic amines) is 1. The molecule has 0 bridgehead atoms. The van der Waals surface area contributed by atoms with Gasteiger partial charge in [0.05, 0.1) is 6.20 Å². The van der Waals surface area contributed by atoms with Crippen molar-refractivity contribution in [2.24, 2.45) is 17.3 Å². The number of carbonyl (C=O) groups excluding carboxylic acids is 3. The van der Waals surface area contributed by atoms with Crippen LogP contribution in [0.4, 0.5) is 0 Å². The predicted molar refractivity (Wildman–Crippen MR) is 140 cm³/mol. The van der Waals surface area contributed by atoms with Gasteiger partial charge in [0.15, 0.2) is 0 Å². The third-order valence-corrected chi connectivity index (χ3v) is 8.51. The second-order valence-electron chi connectivity index (χ2n) is 12.2. The zero-order valence-electron chi connectivity index (χ0n) is 22.7. The molecule has 208 valence electrons. The molecule has 38 heavy (non-hydrogen) atoms. The van der Waals surface area contributed by atoms with Gasteiger partial charge in [0, 0.05) is 18.4 Å². The summed E-state index contributed by atoms with van der Waals surface area (Å²) in [4.78, 5) is 62.6. The van der Waals surface area contributed by atoms with Crippen molar-refractivity contribution in [2.45, 2.75) is 109 Å². The number of nitrogens with zero attached hydrogens (tertiary/aromatic N) is 3. The first-order chi connectivity index (χ1) is 18.1. The summed E-state index contributed by atoms with van der Waals surface area (Å²) in [5, 5.41) is 15.8. The van der Waals surface area contributed by atoms with Gasteiger partial charge < -0.3 is 20.6 Å². The highest BCUT2D eigenvalue weighted by atomic mass is 16.4. The Hall–Kier alpha value is -3.04. The maximum absolute atomic E-state index is 14.1. The van der Waals surface area contributed by atoms with E-state index in [-0.39, 0.29) is 29.5 Å². The number of amides is 3. The number of hydrogen-bond acceptors (Lipinski definition) is 6. The molecule has 2 heterocycles. The summed E-state index contributed by atoms with van der Waals surface area (Å²) in [5.74, 6) is -2.15. The predicted octanol–water partition coefficient (Wildman–Crippen LogP) is 2.93. The Kier molecular flexibility index (Phi) is 8.67. The van der Waals surface area contributed by atoms with E-state index in [1.807, 2.05) is 20.8 Å². The van der Waals surface area contributed by atoms with Crippen molar-refractivity contribution in [3.63, 3.8) is 0 Å². The molecular formula is C28H41N5O5. The minimum absolute atomic E-state index is 0.0682. The zero-order valence-corrected chi connectivity index (χ0v) is 22.7. The van der Waals surface area contributed by atoms with Gasteiger partial charge >= 0.3 is 5.97 Å². The number of rotatable bonds is 7. The molecule has 0 aromatic carbocycles. The maximum atomic E-state index is 14.1. The fraction of sp³-hybridized carbons (Fsp3) is 0.714. The zero-order chi connectivity index (χ0) is 27.4. The molecule has 2 saturated carbocycles. The summed E-state index contributed by atoms with van der Waals surface area (Å²) >= 11 is 0. The highest BCUT2D eigenvalue weighted by Gasteiger charge is 2.51. The van der Waals surface area contributed by atoms with Gasteiger partial charge in [0.1, 0.15) is 23.8 Å². The van der Waals surface area contributed by atoms with E-state index in [1.54, 1.807) is 4.90 Å². The monoisotopic (exact) mass is 527 g/mol. The number of fused-ring (bicyclic) bond motifs is 1. The summed E-state index contributed by atoms with van der Waals surface area (Å²) in [5.41, 5.74) is -0.552. The minimum atomic E-state index is -0.997. The fourth-order valence-corrected chi connectivity index (χ4v) is 6.52. The van der Waals surface area contributed by atoms with E-state index in [0.717, 1.165) is 57.8 Å². The molecule has 4 rings (SSSR count). The van der Waals surface area contributed by atoms with Gasteiger partial charge in [-0.1, -0.05) is 52.9 Å². The van der Waals surface area contributed by atoms with Gasteiger partial charge in [-0.05, 0) is 49.4 Å².